The van der Waals surface area contributed by atoms with Crippen molar-refractivity contribution in [2.24, 2.45) is 0 Å². The van der Waals surface area contributed by atoms with Crippen LogP contribution in [0.1, 0.15) is 0 Å². The van der Waals surface area contributed by atoms with Gasteiger partial charge >= 0.3 is 0 Å². The minimum absolute atomic E-state index is 0.645. The van der Waals surface area contributed by atoms with Gasteiger partial charge in [-0.15, -0.1) is 34.0 Å². The summed E-state index contributed by atoms with van der Waals surface area (Å²) in [4.78, 5) is 20.5. The van der Waals surface area contributed by atoms with Gasteiger partial charge in [-0.2, -0.15) is 0 Å². The number of rotatable bonds is 6. The zero-order valence-electron chi connectivity index (χ0n) is 31.3. The number of thiazole rings is 1. The molecule has 12 rings (SSSR count). The van der Waals surface area contributed by atoms with Gasteiger partial charge in [0, 0.05) is 62.6 Å². The van der Waals surface area contributed by atoms with Crippen molar-refractivity contribution >= 4 is 84.6 Å². The highest BCUT2D eigenvalue weighted by Crippen LogP contribution is 2.44. The molecule has 0 atom stereocenters. The van der Waals surface area contributed by atoms with Crippen LogP contribution in [0.5, 0.6) is 0 Å². The lowest BCUT2D eigenvalue weighted by Gasteiger charge is -2.11. The number of thiophene rings is 2. The van der Waals surface area contributed by atoms with Crippen LogP contribution in [0.2, 0.25) is 0 Å². The van der Waals surface area contributed by atoms with Crippen LogP contribution in [0.25, 0.3) is 118 Å². The molecule has 0 spiro atoms. The van der Waals surface area contributed by atoms with Gasteiger partial charge in [0.25, 0.3) is 0 Å². The molecular formula is C52H30N4S3. The van der Waals surface area contributed by atoms with Crippen molar-refractivity contribution < 1.29 is 0 Å². The summed E-state index contributed by atoms with van der Waals surface area (Å²) >= 11 is 5.39. The molecule has 0 fully saturated rings. The summed E-state index contributed by atoms with van der Waals surface area (Å²) < 4.78 is 6.17. The van der Waals surface area contributed by atoms with Gasteiger partial charge in [-0.3, -0.25) is 0 Å². The van der Waals surface area contributed by atoms with Crippen LogP contribution >= 0.6 is 34.0 Å². The second-order valence-electron chi connectivity index (χ2n) is 14.6. The van der Waals surface area contributed by atoms with E-state index in [9.17, 15) is 0 Å². The zero-order valence-corrected chi connectivity index (χ0v) is 33.8. The van der Waals surface area contributed by atoms with E-state index in [1.807, 2.05) is 29.5 Å². The molecule has 0 aliphatic heterocycles. The van der Waals surface area contributed by atoms with E-state index in [-0.39, 0.29) is 0 Å². The molecule has 0 saturated heterocycles. The smallest absolute Gasteiger partial charge is 0.164 e. The number of aromatic nitrogens is 4. The molecule has 8 aromatic carbocycles. The van der Waals surface area contributed by atoms with E-state index in [0.717, 1.165) is 38.3 Å². The van der Waals surface area contributed by atoms with Crippen molar-refractivity contribution in [3.63, 3.8) is 0 Å². The lowest BCUT2D eigenvalue weighted by Crippen LogP contribution is -2.00. The van der Waals surface area contributed by atoms with Gasteiger partial charge in [0.15, 0.2) is 17.5 Å². The molecule has 0 saturated carbocycles. The Morgan fingerprint density at radius 3 is 1.83 bits per heavy atom. The first kappa shape index (κ1) is 34.2. The maximum absolute atomic E-state index is 5.22. The third kappa shape index (κ3) is 5.93. The number of fused-ring (bicyclic) bond motifs is 7. The number of hydrogen-bond donors (Lipinski definition) is 0. The third-order valence-electron chi connectivity index (χ3n) is 11.0. The minimum Gasteiger partial charge on any atom is -0.236 e. The summed E-state index contributed by atoms with van der Waals surface area (Å²) in [6.45, 7) is 0. The molecule has 0 amide bonds. The molecule has 0 unspecified atom stereocenters. The van der Waals surface area contributed by atoms with E-state index < -0.39 is 0 Å². The van der Waals surface area contributed by atoms with E-state index in [1.54, 1.807) is 22.7 Å². The summed E-state index contributed by atoms with van der Waals surface area (Å²) in [6, 6.07) is 64.4. The normalized spacial score (nSPS) is 11.7. The van der Waals surface area contributed by atoms with Gasteiger partial charge in [-0.25, -0.2) is 19.9 Å². The lowest BCUT2D eigenvalue weighted by atomic mass is 10.00. The van der Waals surface area contributed by atoms with Gasteiger partial charge in [-0.05, 0) is 64.7 Å². The van der Waals surface area contributed by atoms with E-state index in [0.29, 0.717) is 17.5 Å². The number of nitrogens with zero attached hydrogens (tertiary/aromatic N) is 4. The summed E-state index contributed by atoms with van der Waals surface area (Å²) in [5.41, 5.74) is 9.80. The van der Waals surface area contributed by atoms with Crippen LogP contribution in [-0.4, -0.2) is 19.9 Å². The molecule has 12 aromatic rings. The van der Waals surface area contributed by atoms with Gasteiger partial charge < -0.3 is 0 Å². The van der Waals surface area contributed by atoms with Crippen molar-refractivity contribution in [1.82, 2.24) is 19.9 Å². The SMILES string of the molecule is c1ccc(-c2ccc3nc(-c4ccc5sc6c(-c7cccc(-c8nc(-c9ccccc9)nc(-c9cccc%10sc%11ccccc%11c9%10)n8)c7)cccc6c5c4)sc3c2)cc1. The highest BCUT2D eigenvalue weighted by Gasteiger charge is 2.19. The van der Waals surface area contributed by atoms with Crippen LogP contribution in [0.15, 0.2) is 182 Å². The standard InChI is InChI=1S/C52H30N4S3/c1-3-12-31(13-4-1)33-24-26-42-46(30-33)59-52(53-42)36-25-27-44-41(29-36)38-20-10-19-37(48(38)58-44)34-16-9-17-35(28-34)50-54-49(32-14-5-2-6-15-32)55-51(56-50)40-21-11-23-45-47(40)39-18-7-8-22-43(39)57-45/h1-30H. The fourth-order valence-corrected chi connectivity index (χ4v) is 11.5. The largest absolute Gasteiger partial charge is 0.236 e. The average molecular weight is 807 g/mol. The van der Waals surface area contributed by atoms with Gasteiger partial charge in [0.05, 0.1) is 10.2 Å². The molecule has 4 aromatic heterocycles. The topological polar surface area (TPSA) is 51.6 Å². The Morgan fingerprint density at radius 2 is 0.949 bits per heavy atom. The molecule has 7 heteroatoms. The Kier molecular flexibility index (Phi) is 8.04. The molecule has 0 N–H and O–H groups in total. The van der Waals surface area contributed by atoms with Gasteiger partial charge in [-0.1, -0.05) is 140 Å². The first-order valence-corrected chi connectivity index (χ1v) is 21.9. The van der Waals surface area contributed by atoms with Crippen LogP contribution in [0, 0.1) is 0 Å². The van der Waals surface area contributed by atoms with E-state index in [1.165, 1.54) is 61.7 Å². The molecular weight excluding hydrogens is 777 g/mol. The minimum atomic E-state index is 0.645. The predicted molar refractivity (Wildman–Crippen MR) is 251 cm³/mol. The Bertz CT molecular complexity index is 3570. The lowest BCUT2D eigenvalue weighted by molar-refractivity contribution is 1.08. The molecule has 4 heterocycles. The summed E-state index contributed by atoms with van der Waals surface area (Å²) in [7, 11) is 0. The van der Waals surface area contributed by atoms with Crippen molar-refractivity contribution in [3.05, 3.63) is 182 Å². The second kappa shape index (κ2) is 13.9. The van der Waals surface area contributed by atoms with Crippen LogP contribution in [0.4, 0.5) is 0 Å². The first-order chi connectivity index (χ1) is 29.2. The predicted octanol–water partition coefficient (Wildman–Crippen LogP) is 15.2. The van der Waals surface area contributed by atoms with Gasteiger partial charge in [0.2, 0.25) is 0 Å². The first-order valence-electron chi connectivity index (χ1n) is 19.4. The number of benzene rings is 8. The Balaban J connectivity index is 0.956. The van der Waals surface area contributed by atoms with E-state index >= 15 is 0 Å². The highest BCUT2D eigenvalue weighted by molar-refractivity contribution is 7.26. The number of hydrogen-bond acceptors (Lipinski definition) is 7. The molecule has 0 aliphatic rings. The molecule has 59 heavy (non-hydrogen) atoms. The Hall–Kier alpha value is -6.90. The summed E-state index contributed by atoms with van der Waals surface area (Å²) in [5.74, 6) is 1.97. The maximum Gasteiger partial charge on any atom is 0.164 e. The Morgan fingerprint density at radius 1 is 0.305 bits per heavy atom. The summed E-state index contributed by atoms with van der Waals surface area (Å²) in [5, 5.41) is 5.92. The zero-order chi connectivity index (χ0) is 38.9. The van der Waals surface area contributed by atoms with Gasteiger partial charge in [0.1, 0.15) is 5.01 Å². The van der Waals surface area contributed by atoms with Crippen LogP contribution < -0.4 is 0 Å². The monoisotopic (exact) mass is 806 g/mol. The van der Waals surface area contributed by atoms with Crippen molar-refractivity contribution in [3.8, 4) is 67.0 Å². The third-order valence-corrected chi connectivity index (χ3v) is 14.4. The van der Waals surface area contributed by atoms with Crippen molar-refractivity contribution in [2.45, 2.75) is 0 Å². The molecule has 276 valence electrons. The fraction of sp³-hybridized carbons (Fsp3) is 0. The fourth-order valence-electron chi connectivity index (χ4n) is 8.15. The van der Waals surface area contributed by atoms with E-state index in [2.05, 4.69) is 164 Å². The molecule has 0 aliphatic carbocycles. The van der Waals surface area contributed by atoms with Crippen LogP contribution in [0.3, 0.4) is 0 Å². The highest BCUT2D eigenvalue weighted by atomic mass is 32.1. The Labute approximate surface area is 351 Å². The van der Waals surface area contributed by atoms with E-state index in [4.69, 9.17) is 19.9 Å². The van der Waals surface area contributed by atoms with Crippen molar-refractivity contribution in [2.75, 3.05) is 0 Å². The van der Waals surface area contributed by atoms with Crippen molar-refractivity contribution in [1.29, 1.82) is 0 Å². The van der Waals surface area contributed by atoms with Crippen LogP contribution in [-0.2, 0) is 0 Å². The molecule has 0 bridgehead atoms. The maximum atomic E-state index is 5.22. The second-order valence-corrected chi connectivity index (χ2v) is 17.8. The quantitative estimate of drug-likeness (QED) is 0.168. The summed E-state index contributed by atoms with van der Waals surface area (Å²) in [6.07, 6.45) is 0. The molecule has 0 radical (unpaired) electrons. The molecule has 4 nitrogen and oxygen atoms in total. The average Bonchev–Trinajstić information content (AvgIpc) is 4.02.